The van der Waals surface area contributed by atoms with Crippen LogP contribution in [0.5, 0.6) is 0 Å². The van der Waals surface area contributed by atoms with Gasteiger partial charge in [-0.25, -0.2) is 0 Å². The van der Waals surface area contributed by atoms with Crippen molar-refractivity contribution in [1.29, 1.82) is 0 Å². The fourth-order valence-electron chi connectivity index (χ4n) is 2.39. The summed E-state index contributed by atoms with van der Waals surface area (Å²) in [7, 11) is 0. The van der Waals surface area contributed by atoms with Crippen LogP contribution in [0.4, 0.5) is 0 Å². The van der Waals surface area contributed by atoms with Crippen molar-refractivity contribution in [3.05, 3.63) is 33.8 Å². The van der Waals surface area contributed by atoms with E-state index in [1.165, 1.54) is 0 Å². The number of aliphatic hydroxyl groups is 1. The summed E-state index contributed by atoms with van der Waals surface area (Å²) in [6.45, 7) is 3.90. The summed E-state index contributed by atoms with van der Waals surface area (Å²) in [5.74, 6) is -0.638. The minimum absolute atomic E-state index is 0.106. The van der Waals surface area contributed by atoms with Crippen LogP contribution < -0.4 is 0 Å². The summed E-state index contributed by atoms with van der Waals surface area (Å²) < 4.78 is 11.9. The molecule has 106 valence electrons. The van der Waals surface area contributed by atoms with Gasteiger partial charge in [-0.2, -0.15) is 0 Å². The van der Waals surface area contributed by atoms with Crippen molar-refractivity contribution in [3.8, 4) is 0 Å². The van der Waals surface area contributed by atoms with E-state index in [0.29, 0.717) is 10.0 Å². The van der Waals surface area contributed by atoms with Gasteiger partial charge in [0.15, 0.2) is 5.79 Å². The van der Waals surface area contributed by atoms with Crippen molar-refractivity contribution < 1.29 is 14.6 Å². The minimum atomic E-state index is -0.638. The summed E-state index contributed by atoms with van der Waals surface area (Å²) in [5.41, 5.74) is 0.800. The van der Waals surface area contributed by atoms with Crippen LogP contribution in [0.15, 0.2) is 18.2 Å². The monoisotopic (exact) mass is 304 g/mol. The molecule has 1 aromatic carbocycles. The Morgan fingerprint density at radius 3 is 2.42 bits per heavy atom. The SMILES string of the molecule is CCC1(CC)O[C@H](c2ccc(Cl)cc2Cl)[C@@H](CO)O1. The molecule has 0 amide bonds. The predicted molar refractivity (Wildman–Crippen MR) is 75.6 cm³/mol. The van der Waals surface area contributed by atoms with Gasteiger partial charge in [0.1, 0.15) is 12.2 Å². The van der Waals surface area contributed by atoms with E-state index >= 15 is 0 Å². The molecule has 0 spiro atoms. The van der Waals surface area contributed by atoms with Crippen molar-refractivity contribution in [2.45, 2.75) is 44.7 Å². The largest absolute Gasteiger partial charge is 0.394 e. The zero-order valence-corrected chi connectivity index (χ0v) is 12.5. The molecule has 19 heavy (non-hydrogen) atoms. The van der Waals surface area contributed by atoms with Crippen LogP contribution in [0, 0.1) is 0 Å². The molecule has 0 bridgehead atoms. The highest BCUT2D eigenvalue weighted by molar-refractivity contribution is 6.35. The summed E-state index contributed by atoms with van der Waals surface area (Å²) in [6, 6.07) is 5.26. The molecular formula is C14H18Cl2O3. The van der Waals surface area contributed by atoms with Gasteiger partial charge in [-0.15, -0.1) is 0 Å². The molecule has 5 heteroatoms. The quantitative estimate of drug-likeness (QED) is 0.915. The average Bonchev–Trinajstić information content (AvgIpc) is 2.78. The molecular weight excluding hydrogens is 287 g/mol. The van der Waals surface area contributed by atoms with Crippen LogP contribution in [0.2, 0.25) is 10.0 Å². The summed E-state index contributed by atoms with van der Waals surface area (Å²) in [6.07, 6.45) is 0.678. The van der Waals surface area contributed by atoms with Gasteiger partial charge in [0.2, 0.25) is 0 Å². The molecule has 1 aliphatic rings. The van der Waals surface area contributed by atoms with Crippen LogP contribution in [-0.2, 0) is 9.47 Å². The molecule has 1 fully saturated rings. The van der Waals surface area contributed by atoms with E-state index in [-0.39, 0.29) is 12.7 Å². The van der Waals surface area contributed by atoms with Crippen molar-refractivity contribution in [2.75, 3.05) is 6.61 Å². The third kappa shape index (κ3) is 2.91. The molecule has 1 aliphatic heterocycles. The van der Waals surface area contributed by atoms with E-state index in [2.05, 4.69) is 0 Å². The van der Waals surface area contributed by atoms with Gasteiger partial charge in [-0.3, -0.25) is 0 Å². The standard InChI is InChI=1S/C14H18Cl2O3/c1-3-14(4-2)18-12(8-17)13(19-14)10-6-5-9(15)7-11(10)16/h5-7,12-13,17H,3-4,8H2,1-2H3/t12-,13-/m1/s1. The molecule has 0 unspecified atom stereocenters. The lowest BCUT2D eigenvalue weighted by Gasteiger charge is -2.25. The maximum absolute atomic E-state index is 9.49. The topological polar surface area (TPSA) is 38.7 Å². The third-order valence-electron chi connectivity index (χ3n) is 3.57. The van der Waals surface area contributed by atoms with E-state index in [1.807, 2.05) is 19.9 Å². The number of ether oxygens (including phenoxy) is 2. The third-order valence-corrected chi connectivity index (χ3v) is 4.13. The van der Waals surface area contributed by atoms with E-state index in [4.69, 9.17) is 32.7 Å². The Morgan fingerprint density at radius 2 is 1.89 bits per heavy atom. The lowest BCUT2D eigenvalue weighted by atomic mass is 10.1. The predicted octanol–water partition coefficient (Wildman–Crippen LogP) is 3.96. The normalized spacial score (nSPS) is 25.7. The first kappa shape index (κ1) is 15.1. The Morgan fingerprint density at radius 1 is 1.21 bits per heavy atom. The second-order valence-electron chi connectivity index (χ2n) is 4.66. The molecule has 1 heterocycles. The Kier molecular flexibility index (Phi) is 4.75. The van der Waals surface area contributed by atoms with Crippen molar-refractivity contribution >= 4 is 23.2 Å². The maximum Gasteiger partial charge on any atom is 0.169 e. The van der Waals surface area contributed by atoms with Gasteiger partial charge < -0.3 is 14.6 Å². The summed E-state index contributed by atoms with van der Waals surface area (Å²) >= 11 is 12.1. The number of hydrogen-bond donors (Lipinski definition) is 1. The Bertz CT molecular complexity index is 446. The van der Waals surface area contributed by atoms with Gasteiger partial charge in [-0.1, -0.05) is 43.1 Å². The minimum Gasteiger partial charge on any atom is -0.394 e. The lowest BCUT2D eigenvalue weighted by Crippen LogP contribution is -2.29. The molecule has 3 nitrogen and oxygen atoms in total. The number of aliphatic hydroxyl groups excluding tert-OH is 1. The highest BCUT2D eigenvalue weighted by Gasteiger charge is 2.46. The first-order valence-electron chi connectivity index (χ1n) is 6.46. The number of hydrogen-bond acceptors (Lipinski definition) is 3. The van der Waals surface area contributed by atoms with Crippen LogP contribution in [0.3, 0.4) is 0 Å². The molecule has 1 N–H and O–H groups in total. The Balaban J connectivity index is 2.32. The van der Waals surface area contributed by atoms with Crippen LogP contribution in [0.1, 0.15) is 38.4 Å². The smallest absolute Gasteiger partial charge is 0.169 e. The second-order valence-corrected chi connectivity index (χ2v) is 5.50. The number of rotatable bonds is 4. The molecule has 0 saturated carbocycles. The zero-order chi connectivity index (χ0) is 14.0. The van der Waals surface area contributed by atoms with Gasteiger partial charge >= 0.3 is 0 Å². The fourth-order valence-corrected chi connectivity index (χ4v) is 2.90. The molecule has 0 aromatic heterocycles. The van der Waals surface area contributed by atoms with E-state index < -0.39 is 11.9 Å². The van der Waals surface area contributed by atoms with Gasteiger partial charge in [0, 0.05) is 15.6 Å². The highest BCUT2D eigenvalue weighted by Crippen LogP contribution is 2.44. The van der Waals surface area contributed by atoms with Gasteiger partial charge in [0.05, 0.1) is 6.61 Å². The summed E-state index contributed by atoms with van der Waals surface area (Å²) in [4.78, 5) is 0. The number of benzene rings is 1. The molecule has 2 atom stereocenters. The second kappa shape index (κ2) is 5.98. The fraction of sp³-hybridized carbons (Fsp3) is 0.571. The molecule has 0 aliphatic carbocycles. The first-order chi connectivity index (χ1) is 9.05. The molecule has 0 radical (unpaired) electrons. The first-order valence-corrected chi connectivity index (χ1v) is 7.22. The lowest BCUT2D eigenvalue weighted by molar-refractivity contribution is -0.181. The molecule has 1 saturated heterocycles. The van der Waals surface area contributed by atoms with E-state index in [0.717, 1.165) is 18.4 Å². The van der Waals surface area contributed by atoms with E-state index in [9.17, 15) is 5.11 Å². The molecule has 2 rings (SSSR count). The molecule has 1 aromatic rings. The van der Waals surface area contributed by atoms with Crippen LogP contribution in [-0.4, -0.2) is 23.6 Å². The van der Waals surface area contributed by atoms with Crippen LogP contribution >= 0.6 is 23.2 Å². The van der Waals surface area contributed by atoms with Crippen molar-refractivity contribution in [2.24, 2.45) is 0 Å². The maximum atomic E-state index is 9.49. The number of halogens is 2. The summed E-state index contributed by atoms with van der Waals surface area (Å²) in [5, 5.41) is 10.6. The van der Waals surface area contributed by atoms with Gasteiger partial charge in [-0.05, 0) is 25.0 Å². The average molecular weight is 305 g/mol. The van der Waals surface area contributed by atoms with E-state index in [1.54, 1.807) is 12.1 Å². The van der Waals surface area contributed by atoms with Crippen LogP contribution in [0.25, 0.3) is 0 Å². The zero-order valence-electron chi connectivity index (χ0n) is 11.0. The van der Waals surface area contributed by atoms with Crippen molar-refractivity contribution in [3.63, 3.8) is 0 Å². The Labute approximate surface area is 123 Å². The van der Waals surface area contributed by atoms with Crippen molar-refractivity contribution in [1.82, 2.24) is 0 Å². The Hall–Kier alpha value is -0.320. The highest BCUT2D eigenvalue weighted by atomic mass is 35.5. The van der Waals surface area contributed by atoms with Gasteiger partial charge in [0.25, 0.3) is 0 Å².